The predicted molar refractivity (Wildman–Crippen MR) is 66.5 cm³/mol. The number of hydrogen-bond donors (Lipinski definition) is 0. The van der Waals surface area contributed by atoms with Crippen molar-refractivity contribution in [2.24, 2.45) is 5.92 Å². The van der Waals surface area contributed by atoms with Gasteiger partial charge in [0.2, 0.25) is 0 Å². The van der Waals surface area contributed by atoms with Crippen molar-refractivity contribution < 1.29 is 9.53 Å². The maximum absolute atomic E-state index is 11.7. The lowest BCUT2D eigenvalue weighted by Gasteiger charge is -2.23. The van der Waals surface area contributed by atoms with Gasteiger partial charge in [-0.15, -0.1) is 0 Å². The summed E-state index contributed by atoms with van der Waals surface area (Å²) in [5.41, 5.74) is 1.13. The zero-order chi connectivity index (χ0) is 11.5. The van der Waals surface area contributed by atoms with Gasteiger partial charge in [0.15, 0.2) is 0 Å². The molecule has 0 aliphatic carbocycles. The molecule has 0 spiro atoms. The number of ether oxygens (including phenoxy) is 1. The number of halogens is 1. The van der Waals surface area contributed by atoms with Gasteiger partial charge in [-0.2, -0.15) is 0 Å². The number of hydrogen-bond acceptors (Lipinski definition) is 2. The summed E-state index contributed by atoms with van der Waals surface area (Å²) in [7, 11) is 0. The molecule has 86 valence electrons. The highest BCUT2D eigenvalue weighted by molar-refractivity contribution is 9.10. The molecule has 0 fully saturated rings. The van der Waals surface area contributed by atoms with Crippen molar-refractivity contribution in [3.63, 3.8) is 0 Å². The van der Waals surface area contributed by atoms with E-state index in [1.54, 1.807) is 0 Å². The summed E-state index contributed by atoms with van der Waals surface area (Å²) < 4.78 is 6.38. The predicted octanol–water partition coefficient (Wildman–Crippen LogP) is 3.72. The summed E-state index contributed by atoms with van der Waals surface area (Å²) in [4.78, 5) is 11.7. The smallest absolute Gasteiger partial charge is 0.314 e. The minimum atomic E-state index is -0.0664. The maximum Gasteiger partial charge on any atom is 0.314 e. The number of fused-ring (bicyclic) bond motifs is 1. The van der Waals surface area contributed by atoms with Gasteiger partial charge in [-0.1, -0.05) is 35.7 Å². The monoisotopic (exact) mass is 282 g/mol. The molecule has 2 nitrogen and oxygen atoms in total. The third-order valence-corrected chi connectivity index (χ3v) is 3.43. The van der Waals surface area contributed by atoms with Crippen LogP contribution in [0.3, 0.4) is 0 Å². The molecule has 0 aromatic heterocycles. The van der Waals surface area contributed by atoms with Gasteiger partial charge in [-0.3, -0.25) is 4.79 Å². The quantitative estimate of drug-likeness (QED) is 0.624. The second-order valence-corrected chi connectivity index (χ2v) is 5.13. The van der Waals surface area contributed by atoms with E-state index in [-0.39, 0.29) is 11.9 Å². The lowest BCUT2D eigenvalue weighted by atomic mass is 9.92. The van der Waals surface area contributed by atoms with Gasteiger partial charge in [0, 0.05) is 4.47 Å². The second-order valence-electron chi connectivity index (χ2n) is 4.22. The van der Waals surface area contributed by atoms with E-state index >= 15 is 0 Å². The maximum atomic E-state index is 11.7. The van der Waals surface area contributed by atoms with Crippen LogP contribution in [-0.2, 0) is 11.2 Å². The Labute approximate surface area is 104 Å². The first kappa shape index (κ1) is 11.6. The molecule has 16 heavy (non-hydrogen) atoms. The SMILES string of the molecule is CCCCC1Cc2cc(Br)ccc2OC1=O. The van der Waals surface area contributed by atoms with Crippen LogP contribution in [0.2, 0.25) is 0 Å². The lowest BCUT2D eigenvalue weighted by Crippen LogP contribution is -2.27. The normalized spacial score (nSPS) is 19.1. The van der Waals surface area contributed by atoms with Gasteiger partial charge in [0.25, 0.3) is 0 Å². The Kier molecular flexibility index (Phi) is 3.64. The first-order valence-corrected chi connectivity index (χ1v) is 6.50. The molecule has 3 heteroatoms. The summed E-state index contributed by atoms with van der Waals surface area (Å²) >= 11 is 3.44. The molecule has 0 saturated carbocycles. The molecule has 2 rings (SSSR count). The summed E-state index contributed by atoms with van der Waals surface area (Å²) in [6, 6.07) is 5.80. The van der Waals surface area contributed by atoms with Crippen molar-refractivity contribution in [3.05, 3.63) is 28.2 Å². The molecule has 0 saturated heterocycles. The van der Waals surface area contributed by atoms with Crippen molar-refractivity contribution in [2.45, 2.75) is 32.6 Å². The highest BCUT2D eigenvalue weighted by atomic mass is 79.9. The molecule has 0 radical (unpaired) electrons. The van der Waals surface area contributed by atoms with E-state index in [4.69, 9.17) is 4.74 Å². The molecular formula is C13H15BrO2. The molecule has 1 aromatic rings. The van der Waals surface area contributed by atoms with Crippen LogP contribution in [0.15, 0.2) is 22.7 Å². The van der Waals surface area contributed by atoms with Gasteiger partial charge in [-0.25, -0.2) is 0 Å². The molecule has 1 aromatic carbocycles. The van der Waals surface area contributed by atoms with Crippen LogP contribution in [0.1, 0.15) is 31.7 Å². The fourth-order valence-electron chi connectivity index (χ4n) is 2.02. The molecule has 1 heterocycles. The highest BCUT2D eigenvalue weighted by Crippen LogP contribution is 2.32. The van der Waals surface area contributed by atoms with Crippen molar-refractivity contribution in [2.75, 3.05) is 0 Å². The first-order valence-electron chi connectivity index (χ1n) is 5.71. The minimum Gasteiger partial charge on any atom is -0.426 e. The van der Waals surface area contributed by atoms with Crippen LogP contribution in [0, 0.1) is 5.92 Å². The third-order valence-electron chi connectivity index (χ3n) is 2.94. The number of esters is 1. The van der Waals surface area contributed by atoms with E-state index in [1.807, 2.05) is 18.2 Å². The standard InChI is InChI=1S/C13H15BrO2/c1-2-3-4-9-7-10-8-11(14)5-6-12(10)16-13(9)15/h5-6,8-9H,2-4,7H2,1H3. The Balaban J connectivity index is 2.16. The number of rotatable bonds is 3. The van der Waals surface area contributed by atoms with Gasteiger partial charge >= 0.3 is 5.97 Å². The van der Waals surface area contributed by atoms with Crippen LogP contribution < -0.4 is 4.74 Å². The Bertz CT molecular complexity index is 401. The van der Waals surface area contributed by atoms with Crippen LogP contribution in [0.25, 0.3) is 0 Å². The van der Waals surface area contributed by atoms with E-state index in [9.17, 15) is 4.79 Å². The molecule has 0 N–H and O–H groups in total. The molecule has 1 aliphatic rings. The van der Waals surface area contributed by atoms with Crippen LogP contribution in [-0.4, -0.2) is 5.97 Å². The summed E-state index contributed by atoms with van der Waals surface area (Å²) in [6.07, 6.45) is 3.95. The van der Waals surface area contributed by atoms with Crippen molar-refractivity contribution in [3.8, 4) is 5.75 Å². The van der Waals surface area contributed by atoms with Crippen molar-refractivity contribution >= 4 is 21.9 Å². The topological polar surface area (TPSA) is 26.3 Å². The Hall–Kier alpha value is -0.830. The van der Waals surface area contributed by atoms with Gasteiger partial charge in [0.1, 0.15) is 5.75 Å². The average molecular weight is 283 g/mol. The fourth-order valence-corrected chi connectivity index (χ4v) is 2.43. The Morgan fingerprint density at radius 1 is 1.50 bits per heavy atom. The van der Waals surface area contributed by atoms with Gasteiger partial charge < -0.3 is 4.74 Å². The molecule has 1 unspecified atom stereocenters. The molecule has 1 aliphatic heterocycles. The summed E-state index contributed by atoms with van der Waals surface area (Å²) in [5, 5.41) is 0. The number of benzene rings is 1. The zero-order valence-corrected chi connectivity index (χ0v) is 10.9. The Morgan fingerprint density at radius 2 is 2.31 bits per heavy atom. The van der Waals surface area contributed by atoms with Crippen molar-refractivity contribution in [1.82, 2.24) is 0 Å². The molecule has 0 amide bonds. The third kappa shape index (κ3) is 2.46. The number of carbonyl (C=O) groups excluding carboxylic acids is 1. The minimum absolute atomic E-state index is 0.0433. The summed E-state index contributed by atoms with van der Waals surface area (Å²) in [5.74, 6) is 0.700. The van der Waals surface area contributed by atoms with E-state index in [0.29, 0.717) is 0 Å². The van der Waals surface area contributed by atoms with E-state index in [2.05, 4.69) is 22.9 Å². The van der Waals surface area contributed by atoms with Crippen molar-refractivity contribution in [1.29, 1.82) is 0 Å². The summed E-state index contributed by atoms with van der Waals surface area (Å²) in [6.45, 7) is 2.14. The largest absolute Gasteiger partial charge is 0.426 e. The van der Waals surface area contributed by atoms with E-state index < -0.39 is 0 Å². The molecule has 0 bridgehead atoms. The lowest BCUT2D eigenvalue weighted by molar-refractivity contribution is -0.140. The number of unbranched alkanes of at least 4 members (excludes halogenated alkanes) is 1. The number of carbonyl (C=O) groups is 1. The van der Waals surface area contributed by atoms with E-state index in [0.717, 1.165) is 41.5 Å². The zero-order valence-electron chi connectivity index (χ0n) is 9.33. The van der Waals surface area contributed by atoms with Crippen LogP contribution >= 0.6 is 15.9 Å². The second kappa shape index (κ2) is 5.00. The van der Waals surface area contributed by atoms with E-state index in [1.165, 1.54) is 0 Å². The molecule has 1 atom stereocenters. The van der Waals surface area contributed by atoms with Gasteiger partial charge in [0.05, 0.1) is 5.92 Å². The first-order chi connectivity index (χ1) is 7.70. The Morgan fingerprint density at radius 3 is 3.06 bits per heavy atom. The van der Waals surface area contributed by atoms with Crippen LogP contribution in [0.5, 0.6) is 5.75 Å². The average Bonchev–Trinajstić information content (AvgIpc) is 2.27. The van der Waals surface area contributed by atoms with Gasteiger partial charge in [-0.05, 0) is 36.6 Å². The highest BCUT2D eigenvalue weighted by Gasteiger charge is 2.27. The fraction of sp³-hybridized carbons (Fsp3) is 0.462. The molecular weight excluding hydrogens is 268 g/mol. The van der Waals surface area contributed by atoms with Crippen LogP contribution in [0.4, 0.5) is 0 Å².